The van der Waals surface area contributed by atoms with Crippen LogP contribution in [0.1, 0.15) is 52.4 Å². The van der Waals surface area contributed by atoms with E-state index in [2.05, 4.69) is 13.8 Å². The summed E-state index contributed by atoms with van der Waals surface area (Å²) in [4.78, 5) is 0. The Labute approximate surface area is 65.0 Å². The Bertz CT molecular complexity index is 86.0. The van der Waals surface area contributed by atoms with Gasteiger partial charge in [-0.2, -0.15) is 0 Å². The van der Waals surface area contributed by atoms with E-state index in [-0.39, 0.29) is 0 Å². The fraction of sp³-hybridized carbons (Fsp3) is 1.00. The summed E-state index contributed by atoms with van der Waals surface area (Å²) in [5.74, 6) is 2.12. The average Bonchev–Trinajstić information content (AvgIpc) is 2.31. The molecular weight excluding hydrogens is 120 g/mol. The van der Waals surface area contributed by atoms with Crippen molar-refractivity contribution in [3.63, 3.8) is 0 Å². The van der Waals surface area contributed by atoms with Crippen molar-refractivity contribution in [2.24, 2.45) is 11.8 Å². The van der Waals surface area contributed by atoms with E-state index in [1.165, 1.54) is 38.5 Å². The molecule has 0 aromatic rings. The van der Waals surface area contributed by atoms with Crippen LogP contribution in [0.5, 0.6) is 0 Å². The molecule has 0 aliphatic heterocycles. The monoisotopic (exact) mass is 140 g/mol. The van der Waals surface area contributed by atoms with Gasteiger partial charge < -0.3 is 0 Å². The lowest BCUT2D eigenvalue weighted by atomic mass is 10.00. The molecule has 0 radical (unpaired) electrons. The molecule has 1 fully saturated rings. The Kier molecular flexibility index (Phi) is 3.24. The minimum atomic E-state index is 1.03. The zero-order valence-corrected chi connectivity index (χ0v) is 7.40. The highest BCUT2D eigenvalue weighted by atomic mass is 14.3. The lowest BCUT2D eigenvalue weighted by molar-refractivity contribution is 0.461. The first-order chi connectivity index (χ1) is 4.83. The molecule has 0 aromatic carbocycles. The largest absolute Gasteiger partial charge is 0.0654 e. The van der Waals surface area contributed by atoms with Gasteiger partial charge >= 0.3 is 0 Å². The van der Waals surface area contributed by atoms with E-state index < -0.39 is 0 Å². The number of hydrogen-bond acceptors (Lipinski definition) is 0. The second-order valence-electron chi connectivity index (χ2n) is 3.93. The van der Waals surface area contributed by atoms with Gasteiger partial charge in [0.15, 0.2) is 0 Å². The van der Waals surface area contributed by atoms with Crippen molar-refractivity contribution < 1.29 is 0 Å². The fourth-order valence-corrected chi connectivity index (χ4v) is 2.08. The molecule has 1 rings (SSSR count). The van der Waals surface area contributed by atoms with Crippen molar-refractivity contribution in [2.75, 3.05) is 0 Å². The average molecular weight is 140 g/mol. The molecule has 0 aromatic heterocycles. The highest BCUT2D eigenvalue weighted by Crippen LogP contribution is 2.33. The molecule has 60 valence electrons. The number of unbranched alkanes of at least 4 members (excludes halogenated alkanes) is 1. The predicted octanol–water partition coefficient (Wildman–Crippen LogP) is 3.61. The molecule has 2 unspecified atom stereocenters. The SMILES string of the molecule is CCCCC1CCC(C)C1. The van der Waals surface area contributed by atoms with Crippen LogP contribution in [0, 0.1) is 11.8 Å². The van der Waals surface area contributed by atoms with Crippen molar-refractivity contribution in [2.45, 2.75) is 52.4 Å². The standard InChI is InChI=1S/C10H20/c1-3-4-5-10-7-6-9(2)8-10/h9-10H,3-8H2,1-2H3. The van der Waals surface area contributed by atoms with Crippen molar-refractivity contribution in [3.8, 4) is 0 Å². The maximum Gasteiger partial charge on any atom is -0.0412 e. The first kappa shape index (κ1) is 8.10. The topological polar surface area (TPSA) is 0 Å². The van der Waals surface area contributed by atoms with Gasteiger partial charge in [-0.1, -0.05) is 46.0 Å². The first-order valence-corrected chi connectivity index (χ1v) is 4.83. The Hall–Kier alpha value is 0. The van der Waals surface area contributed by atoms with Crippen molar-refractivity contribution in [1.29, 1.82) is 0 Å². The summed E-state index contributed by atoms with van der Waals surface area (Å²) in [5, 5.41) is 0. The minimum absolute atomic E-state index is 1.03. The summed E-state index contributed by atoms with van der Waals surface area (Å²) < 4.78 is 0. The van der Waals surface area contributed by atoms with E-state index in [0.717, 1.165) is 11.8 Å². The summed E-state index contributed by atoms with van der Waals surface area (Å²) in [7, 11) is 0. The maximum atomic E-state index is 2.39. The lowest BCUT2D eigenvalue weighted by Crippen LogP contribution is -1.93. The third-order valence-electron chi connectivity index (χ3n) is 2.77. The quantitative estimate of drug-likeness (QED) is 0.561. The summed E-state index contributed by atoms with van der Waals surface area (Å²) in [5.41, 5.74) is 0. The molecule has 2 atom stereocenters. The second-order valence-corrected chi connectivity index (χ2v) is 3.93. The van der Waals surface area contributed by atoms with E-state index in [9.17, 15) is 0 Å². The molecular formula is C10H20. The van der Waals surface area contributed by atoms with Gasteiger partial charge in [-0.05, 0) is 18.3 Å². The Morgan fingerprint density at radius 2 is 2.10 bits per heavy atom. The fourth-order valence-electron chi connectivity index (χ4n) is 2.08. The summed E-state index contributed by atoms with van der Waals surface area (Å²) in [6.07, 6.45) is 8.86. The molecule has 10 heavy (non-hydrogen) atoms. The normalized spacial score (nSPS) is 33.0. The highest BCUT2D eigenvalue weighted by molar-refractivity contribution is 4.72. The second kappa shape index (κ2) is 4.00. The van der Waals surface area contributed by atoms with E-state index in [0.29, 0.717) is 0 Å². The molecule has 0 spiro atoms. The third-order valence-corrected chi connectivity index (χ3v) is 2.77. The van der Waals surface area contributed by atoms with Crippen LogP contribution in [0.25, 0.3) is 0 Å². The molecule has 0 amide bonds. The number of hydrogen-bond donors (Lipinski definition) is 0. The Morgan fingerprint density at radius 1 is 1.30 bits per heavy atom. The smallest absolute Gasteiger partial charge is 0.0412 e. The molecule has 1 aliphatic rings. The summed E-state index contributed by atoms with van der Waals surface area (Å²) in [6.45, 7) is 4.68. The molecule has 0 heterocycles. The van der Waals surface area contributed by atoms with Crippen LogP contribution in [-0.4, -0.2) is 0 Å². The minimum Gasteiger partial charge on any atom is -0.0654 e. The van der Waals surface area contributed by atoms with Crippen molar-refractivity contribution >= 4 is 0 Å². The molecule has 0 saturated heterocycles. The van der Waals surface area contributed by atoms with Gasteiger partial charge in [0.05, 0.1) is 0 Å². The summed E-state index contributed by atoms with van der Waals surface area (Å²) >= 11 is 0. The number of rotatable bonds is 3. The van der Waals surface area contributed by atoms with Gasteiger partial charge in [-0.3, -0.25) is 0 Å². The van der Waals surface area contributed by atoms with E-state index >= 15 is 0 Å². The van der Waals surface area contributed by atoms with Crippen LogP contribution >= 0.6 is 0 Å². The van der Waals surface area contributed by atoms with Gasteiger partial charge in [-0.15, -0.1) is 0 Å². The third kappa shape index (κ3) is 2.32. The van der Waals surface area contributed by atoms with Crippen LogP contribution in [0.15, 0.2) is 0 Å². The maximum absolute atomic E-state index is 2.39. The van der Waals surface area contributed by atoms with Crippen molar-refractivity contribution in [3.05, 3.63) is 0 Å². The van der Waals surface area contributed by atoms with Crippen LogP contribution in [0.4, 0.5) is 0 Å². The Morgan fingerprint density at radius 3 is 2.60 bits per heavy atom. The van der Waals surface area contributed by atoms with Crippen molar-refractivity contribution in [1.82, 2.24) is 0 Å². The van der Waals surface area contributed by atoms with Crippen LogP contribution in [0.3, 0.4) is 0 Å². The molecule has 0 N–H and O–H groups in total. The van der Waals surface area contributed by atoms with E-state index in [1.54, 1.807) is 0 Å². The molecule has 0 heteroatoms. The van der Waals surface area contributed by atoms with Gasteiger partial charge in [0.2, 0.25) is 0 Å². The van der Waals surface area contributed by atoms with E-state index in [1.807, 2.05) is 0 Å². The van der Waals surface area contributed by atoms with E-state index in [4.69, 9.17) is 0 Å². The van der Waals surface area contributed by atoms with Gasteiger partial charge in [0.1, 0.15) is 0 Å². The van der Waals surface area contributed by atoms with Crippen LogP contribution < -0.4 is 0 Å². The van der Waals surface area contributed by atoms with Gasteiger partial charge in [0.25, 0.3) is 0 Å². The van der Waals surface area contributed by atoms with Gasteiger partial charge in [-0.25, -0.2) is 0 Å². The Balaban J connectivity index is 2.06. The molecule has 1 saturated carbocycles. The lowest BCUT2D eigenvalue weighted by Gasteiger charge is -2.06. The highest BCUT2D eigenvalue weighted by Gasteiger charge is 2.19. The predicted molar refractivity (Wildman–Crippen MR) is 46.0 cm³/mol. The zero-order chi connectivity index (χ0) is 7.40. The molecule has 0 bridgehead atoms. The zero-order valence-electron chi connectivity index (χ0n) is 7.40. The summed E-state index contributed by atoms with van der Waals surface area (Å²) in [6, 6.07) is 0. The van der Waals surface area contributed by atoms with Gasteiger partial charge in [0, 0.05) is 0 Å². The first-order valence-electron chi connectivity index (χ1n) is 4.83. The molecule has 0 nitrogen and oxygen atoms in total. The van der Waals surface area contributed by atoms with Crippen LogP contribution in [0.2, 0.25) is 0 Å². The molecule has 1 aliphatic carbocycles. The van der Waals surface area contributed by atoms with Crippen LogP contribution in [-0.2, 0) is 0 Å².